The summed E-state index contributed by atoms with van der Waals surface area (Å²) in [5, 5.41) is 8.01. The fourth-order valence-corrected chi connectivity index (χ4v) is 1.87. The Hall–Kier alpha value is -1.58. The van der Waals surface area contributed by atoms with E-state index in [-0.39, 0.29) is 24.3 Å². The van der Waals surface area contributed by atoms with Crippen LogP contribution in [0.5, 0.6) is 0 Å². The van der Waals surface area contributed by atoms with E-state index in [1.165, 1.54) is 12.1 Å². The molecule has 0 saturated carbocycles. The first-order valence-corrected chi connectivity index (χ1v) is 7.32. The molecule has 0 aliphatic heterocycles. The van der Waals surface area contributed by atoms with Gasteiger partial charge in [0, 0.05) is 12.1 Å². The van der Waals surface area contributed by atoms with E-state index in [4.69, 9.17) is 5.11 Å². The summed E-state index contributed by atoms with van der Waals surface area (Å²) in [6, 6.07) is 3.83. The van der Waals surface area contributed by atoms with Crippen LogP contribution in [-0.2, 0) is 10.0 Å². The fourth-order valence-electron chi connectivity index (χ4n) is 1.18. The third-order valence-corrected chi connectivity index (χ3v) is 4.07. The zero-order valence-corrected chi connectivity index (χ0v) is 11.6. The topological polar surface area (TPSA) is 66.4 Å². The quantitative estimate of drug-likeness (QED) is 0.828. The summed E-state index contributed by atoms with van der Waals surface area (Å²) in [4.78, 5) is 0. The van der Waals surface area contributed by atoms with Gasteiger partial charge in [0.15, 0.2) is 0 Å². The number of nitrogens with one attached hydrogen (secondary N) is 1. The number of halogens is 1. The zero-order chi connectivity index (χ0) is 14.5. The molecule has 0 atom stereocenters. The van der Waals surface area contributed by atoms with Crippen LogP contribution in [0.25, 0.3) is 0 Å². The molecule has 104 valence electrons. The van der Waals surface area contributed by atoms with Crippen molar-refractivity contribution in [2.75, 3.05) is 11.3 Å². The van der Waals surface area contributed by atoms with Gasteiger partial charge in [0.05, 0.1) is 17.4 Å². The smallest absolute Gasteiger partial charge is 0.235 e. The van der Waals surface area contributed by atoms with Crippen LogP contribution in [0.3, 0.4) is 0 Å². The molecule has 0 heterocycles. The van der Waals surface area contributed by atoms with E-state index in [9.17, 15) is 12.8 Å². The first-order valence-electron chi connectivity index (χ1n) is 5.77. The summed E-state index contributed by atoms with van der Waals surface area (Å²) in [6.07, 6.45) is 0.237. The largest absolute Gasteiger partial charge is 0.395 e. The number of aliphatic hydroxyl groups is 1. The number of hydrogen-bond acceptors (Lipinski definition) is 3. The molecule has 2 N–H and O–H groups in total. The van der Waals surface area contributed by atoms with Crippen LogP contribution in [0.15, 0.2) is 18.2 Å². The van der Waals surface area contributed by atoms with Crippen molar-refractivity contribution in [1.29, 1.82) is 0 Å². The van der Waals surface area contributed by atoms with Gasteiger partial charge < -0.3 is 5.11 Å². The van der Waals surface area contributed by atoms with E-state index >= 15 is 0 Å². The Balaban J connectivity index is 3.01. The molecular weight excluding hydrogens is 269 g/mol. The number of aliphatic hydroxyl groups excluding tert-OH is 1. The van der Waals surface area contributed by atoms with E-state index < -0.39 is 21.1 Å². The lowest BCUT2D eigenvalue weighted by molar-refractivity contribution is 0.305. The maximum absolute atomic E-state index is 13.4. The number of hydrogen-bond donors (Lipinski definition) is 2. The number of benzene rings is 1. The minimum absolute atomic E-state index is 0.0948. The van der Waals surface area contributed by atoms with Gasteiger partial charge in [-0.3, -0.25) is 4.72 Å². The van der Waals surface area contributed by atoms with Crippen LogP contribution in [-0.4, -0.2) is 25.4 Å². The number of rotatable bonds is 4. The summed E-state index contributed by atoms with van der Waals surface area (Å²) in [7, 11) is -3.47. The predicted molar refractivity (Wildman–Crippen MR) is 72.7 cm³/mol. The van der Waals surface area contributed by atoms with Crippen LogP contribution in [0.2, 0.25) is 0 Å². The molecule has 0 fully saturated rings. The van der Waals surface area contributed by atoms with Gasteiger partial charge in [0.2, 0.25) is 10.0 Å². The van der Waals surface area contributed by atoms with Gasteiger partial charge >= 0.3 is 0 Å². The second-order valence-electron chi connectivity index (χ2n) is 4.17. The van der Waals surface area contributed by atoms with Crippen molar-refractivity contribution >= 4 is 15.7 Å². The van der Waals surface area contributed by atoms with Crippen molar-refractivity contribution in [2.24, 2.45) is 0 Å². The van der Waals surface area contributed by atoms with E-state index in [0.717, 1.165) is 6.07 Å². The van der Waals surface area contributed by atoms with Crippen molar-refractivity contribution in [3.05, 3.63) is 29.6 Å². The molecule has 0 amide bonds. The average Bonchev–Trinajstić information content (AvgIpc) is 2.33. The van der Waals surface area contributed by atoms with Gasteiger partial charge in [0.1, 0.15) is 5.82 Å². The predicted octanol–water partition coefficient (Wildman–Crippen LogP) is 1.71. The monoisotopic (exact) mass is 285 g/mol. The standard InChI is InChI=1S/C13H16FNO3S/c1-10(2)19(17,18)15-12-6-7-13(14)11(9-12)5-3-4-8-16/h6-7,9-10,15-16H,4,8H2,1-2H3. The second-order valence-corrected chi connectivity index (χ2v) is 6.40. The zero-order valence-electron chi connectivity index (χ0n) is 10.8. The molecule has 0 aliphatic rings. The Labute approximate surface area is 112 Å². The molecule has 0 aromatic heterocycles. The molecule has 0 spiro atoms. The Bertz CT molecular complexity index is 600. The third-order valence-electron chi connectivity index (χ3n) is 2.31. The number of anilines is 1. The van der Waals surface area contributed by atoms with E-state index in [1.807, 2.05) is 0 Å². The molecule has 0 radical (unpaired) electrons. The van der Waals surface area contributed by atoms with Gasteiger partial charge in [-0.1, -0.05) is 11.8 Å². The third kappa shape index (κ3) is 4.54. The molecule has 19 heavy (non-hydrogen) atoms. The highest BCUT2D eigenvalue weighted by Crippen LogP contribution is 2.16. The van der Waals surface area contributed by atoms with Crippen LogP contribution < -0.4 is 4.72 Å². The van der Waals surface area contributed by atoms with E-state index in [2.05, 4.69) is 16.6 Å². The van der Waals surface area contributed by atoms with E-state index in [1.54, 1.807) is 13.8 Å². The van der Waals surface area contributed by atoms with Crippen LogP contribution in [0.4, 0.5) is 10.1 Å². The minimum Gasteiger partial charge on any atom is -0.395 e. The maximum Gasteiger partial charge on any atom is 0.235 e. The van der Waals surface area contributed by atoms with Crippen molar-refractivity contribution in [3.63, 3.8) is 0 Å². The molecule has 4 nitrogen and oxygen atoms in total. The first-order chi connectivity index (χ1) is 8.86. The van der Waals surface area contributed by atoms with Crippen molar-refractivity contribution < 1.29 is 17.9 Å². The molecular formula is C13H16FNO3S. The fraction of sp³-hybridized carbons (Fsp3) is 0.385. The second kappa shape index (κ2) is 6.55. The summed E-state index contributed by atoms with van der Waals surface area (Å²) in [5.41, 5.74) is 0.362. The highest BCUT2D eigenvalue weighted by Gasteiger charge is 2.15. The van der Waals surface area contributed by atoms with Crippen molar-refractivity contribution in [3.8, 4) is 11.8 Å². The molecule has 6 heteroatoms. The SMILES string of the molecule is CC(C)S(=O)(=O)Nc1ccc(F)c(C#CCCO)c1. The average molecular weight is 285 g/mol. The Morgan fingerprint density at radius 3 is 2.68 bits per heavy atom. The lowest BCUT2D eigenvalue weighted by atomic mass is 10.2. The lowest BCUT2D eigenvalue weighted by Crippen LogP contribution is -2.22. The van der Waals surface area contributed by atoms with Gasteiger partial charge in [-0.05, 0) is 32.0 Å². The highest BCUT2D eigenvalue weighted by molar-refractivity contribution is 7.93. The maximum atomic E-state index is 13.4. The van der Waals surface area contributed by atoms with Crippen LogP contribution >= 0.6 is 0 Å². The summed E-state index contributed by atoms with van der Waals surface area (Å²) in [6.45, 7) is 3.00. The van der Waals surface area contributed by atoms with Gasteiger partial charge in [-0.2, -0.15) is 0 Å². The van der Waals surface area contributed by atoms with Crippen LogP contribution in [0, 0.1) is 17.7 Å². The molecule has 0 aliphatic carbocycles. The first kappa shape index (κ1) is 15.5. The molecule has 0 bridgehead atoms. The molecule has 1 rings (SSSR count). The van der Waals surface area contributed by atoms with Gasteiger partial charge in [-0.15, -0.1) is 0 Å². The van der Waals surface area contributed by atoms with Crippen molar-refractivity contribution in [2.45, 2.75) is 25.5 Å². The van der Waals surface area contributed by atoms with E-state index in [0.29, 0.717) is 0 Å². The normalized spacial score (nSPS) is 11.0. The van der Waals surface area contributed by atoms with Crippen molar-refractivity contribution in [1.82, 2.24) is 0 Å². The summed E-state index contributed by atoms with van der Waals surface area (Å²) in [5.74, 6) is 4.61. The molecule has 0 unspecified atom stereocenters. The van der Waals surface area contributed by atoms with Crippen LogP contribution in [0.1, 0.15) is 25.8 Å². The highest BCUT2D eigenvalue weighted by atomic mass is 32.2. The molecule has 0 saturated heterocycles. The Morgan fingerprint density at radius 1 is 1.42 bits per heavy atom. The summed E-state index contributed by atoms with van der Waals surface area (Å²) < 4.78 is 39.2. The number of sulfonamides is 1. The Morgan fingerprint density at radius 2 is 2.11 bits per heavy atom. The van der Waals surface area contributed by atoms with Gasteiger partial charge in [0.25, 0.3) is 0 Å². The molecule has 1 aromatic carbocycles. The summed E-state index contributed by atoms with van der Waals surface area (Å²) >= 11 is 0. The molecule has 1 aromatic rings. The lowest BCUT2D eigenvalue weighted by Gasteiger charge is -2.11. The Kier molecular flexibility index (Phi) is 5.33. The van der Waals surface area contributed by atoms with Gasteiger partial charge in [-0.25, -0.2) is 12.8 Å². The minimum atomic E-state index is -3.47.